The van der Waals surface area contributed by atoms with Gasteiger partial charge in [-0.2, -0.15) is 0 Å². The van der Waals surface area contributed by atoms with E-state index in [-0.39, 0.29) is 17.4 Å². The molecule has 0 N–H and O–H groups in total. The lowest BCUT2D eigenvalue weighted by molar-refractivity contribution is -0.384. The number of para-hydroxylation sites is 2. The number of anilines is 1. The van der Waals surface area contributed by atoms with Gasteiger partial charge in [-0.1, -0.05) is 12.1 Å². The first-order valence-corrected chi connectivity index (χ1v) is 8.92. The Kier molecular flexibility index (Phi) is 4.35. The number of carbonyl (C=O) groups excluding carboxylic acids is 1. The first-order chi connectivity index (χ1) is 13.0. The fraction of sp³-hybridized carbons (Fsp3) is 0.300. The first kappa shape index (κ1) is 17.2. The minimum atomic E-state index is -0.426. The lowest BCUT2D eigenvalue weighted by Crippen LogP contribution is -2.34. The maximum absolute atomic E-state index is 11.6. The van der Waals surface area contributed by atoms with Crippen molar-refractivity contribution in [2.45, 2.75) is 25.7 Å². The Labute approximate surface area is 155 Å². The minimum absolute atomic E-state index is 0.0408. The van der Waals surface area contributed by atoms with Gasteiger partial charge in [-0.3, -0.25) is 14.9 Å². The highest BCUT2D eigenvalue weighted by atomic mass is 16.6. The maximum Gasteiger partial charge on any atom is 0.293 e. The second-order valence-corrected chi connectivity index (χ2v) is 6.82. The number of nitro groups is 1. The van der Waals surface area contributed by atoms with Crippen LogP contribution in [0.3, 0.4) is 0 Å². The summed E-state index contributed by atoms with van der Waals surface area (Å²) in [5.41, 5.74) is 2.41. The molecule has 4 rings (SSSR count). The van der Waals surface area contributed by atoms with Crippen molar-refractivity contribution in [3.05, 3.63) is 64.0 Å². The molecule has 0 amide bonds. The highest BCUT2D eigenvalue weighted by Gasteiger charge is 2.29. The summed E-state index contributed by atoms with van der Waals surface area (Å²) >= 11 is 0. The molecule has 7 nitrogen and oxygen atoms in total. The summed E-state index contributed by atoms with van der Waals surface area (Å²) in [6.45, 7) is 2.72. The van der Waals surface area contributed by atoms with Crippen molar-refractivity contribution < 1.29 is 14.1 Å². The van der Waals surface area contributed by atoms with Crippen molar-refractivity contribution in [2.24, 2.45) is 0 Å². The van der Waals surface area contributed by atoms with Crippen LogP contribution in [0.15, 0.2) is 46.9 Å². The molecule has 1 saturated heterocycles. The number of benzene rings is 2. The van der Waals surface area contributed by atoms with Gasteiger partial charge in [-0.15, -0.1) is 0 Å². The van der Waals surface area contributed by atoms with Gasteiger partial charge in [0, 0.05) is 24.7 Å². The lowest BCUT2D eigenvalue weighted by Gasteiger charge is -2.32. The number of piperidine rings is 1. The van der Waals surface area contributed by atoms with E-state index in [1.54, 1.807) is 12.1 Å². The Balaban J connectivity index is 1.65. The number of nitrogens with zero attached hydrogens (tertiary/aromatic N) is 3. The number of carbonyl (C=O) groups is 1. The standard InChI is InChI=1S/C20H19N3O4/c1-13(24)14-8-9-17(18(11-14)23(25)26)22-10-4-5-15(12-22)20-21-16-6-2-3-7-19(16)27-20/h2-3,6-9,11,15H,4-5,10,12H2,1H3. The third-order valence-electron chi connectivity index (χ3n) is 5.00. The predicted molar refractivity (Wildman–Crippen MR) is 101 cm³/mol. The Morgan fingerprint density at radius 2 is 2.11 bits per heavy atom. The number of oxazole rings is 1. The van der Waals surface area contributed by atoms with Gasteiger partial charge in [0.1, 0.15) is 11.2 Å². The summed E-state index contributed by atoms with van der Waals surface area (Å²) in [7, 11) is 0. The van der Waals surface area contributed by atoms with Crippen LogP contribution in [-0.4, -0.2) is 28.8 Å². The molecule has 2 heterocycles. The van der Waals surface area contributed by atoms with Crippen LogP contribution in [0.25, 0.3) is 11.1 Å². The van der Waals surface area contributed by atoms with E-state index in [2.05, 4.69) is 4.98 Å². The SMILES string of the molecule is CC(=O)c1ccc(N2CCCC(c3nc4ccccc4o3)C2)c([N+](=O)[O-])c1. The van der Waals surface area contributed by atoms with E-state index in [1.807, 2.05) is 29.2 Å². The zero-order valence-electron chi connectivity index (χ0n) is 14.9. The number of hydrogen-bond donors (Lipinski definition) is 0. The topological polar surface area (TPSA) is 89.5 Å². The van der Waals surface area contributed by atoms with Crippen LogP contribution >= 0.6 is 0 Å². The monoisotopic (exact) mass is 365 g/mol. The zero-order chi connectivity index (χ0) is 19.0. The lowest BCUT2D eigenvalue weighted by atomic mass is 9.97. The van der Waals surface area contributed by atoms with Crippen LogP contribution in [0.5, 0.6) is 0 Å². The average molecular weight is 365 g/mol. The number of aromatic nitrogens is 1. The van der Waals surface area contributed by atoms with E-state index in [0.717, 1.165) is 30.5 Å². The molecule has 27 heavy (non-hydrogen) atoms. The minimum Gasteiger partial charge on any atom is -0.440 e. The second kappa shape index (κ2) is 6.83. The highest BCUT2D eigenvalue weighted by molar-refractivity contribution is 5.95. The molecule has 0 saturated carbocycles. The molecule has 1 fully saturated rings. The van der Waals surface area contributed by atoms with E-state index in [0.29, 0.717) is 23.7 Å². The smallest absolute Gasteiger partial charge is 0.293 e. The molecule has 1 aliphatic rings. The van der Waals surface area contributed by atoms with Gasteiger partial charge in [0.15, 0.2) is 17.3 Å². The van der Waals surface area contributed by atoms with Crippen LogP contribution in [0.2, 0.25) is 0 Å². The third-order valence-corrected chi connectivity index (χ3v) is 5.00. The number of rotatable bonds is 4. The number of ketones is 1. The van der Waals surface area contributed by atoms with E-state index in [1.165, 1.54) is 13.0 Å². The van der Waals surface area contributed by atoms with Crippen LogP contribution in [0.1, 0.15) is 41.9 Å². The number of fused-ring (bicyclic) bond motifs is 1. The summed E-state index contributed by atoms with van der Waals surface area (Å²) in [6, 6.07) is 12.3. The normalized spacial score (nSPS) is 17.2. The van der Waals surface area contributed by atoms with E-state index >= 15 is 0 Å². The quantitative estimate of drug-likeness (QED) is 0.388. The molecule has 0 aliphatic carbocycles. The molecular weight excluding hydrogens is 346 g/mol. The van der Waals surface area contributed by atoms with Gasteiger partial charge >= 0.3 is 0 Å². The van der Waals surface area contributed by atoms with Crippen molar-refractivity contribution >= 4 is 28.3 Å². The summed E-state index contributed by atoms with van der Waals surface area (Å²) in [5, 5.41) is 11.5. The molecule has 0 bridgehead atoms. The van der Waals surface area contributed by atoms with Gasteiger partial charge < -0.3 is 9.32 Å². The van der Waals surface area contributed by atoms with E-state index < -0.39 is 4.92 Å². The molecule has 138 valence electrons. The van der Waals surface area contributed by atoms with Gasteiger partial charge in [0.25, 0.3) is 5.69 Å². The molecule has 2 aromatic carbocycles. The largest absolute Gasteiger partial charge is 0.440 e. The second-order valence-electron chi connectivity index (χ2n) is 6.82. The predicted octanol–water partition coefficient (Wildman–Crippen LogP) is 4.32. The Morgan fingerprint density at radius 3 is 2.85 bits per heavy atom. The Bertz CT molecular complexity index is 994. The number of Topliss-reactive ketones (excluding diaryl/α,β-unsaturated/α-hetero) is 1. The maximum atomic E-state index is 11.6. The molecule has 1 atom stereocenters. The fourth-order valence-corrected chi connectivity index (χ4v) is 3.62. The molecule has 1 aliphatic heterocycles. The fourth-order valence-electron chi connectivity index (χ4n) is 3.62. The summed E-state index contributed by atoms with van der Waals surface area (Å²) in [6.07, 6.45) is 1.80. The van der Waals surface area contributed by atoms with Crippen molar-refractivity contribution in [2.75, 3.05) is 18.0 Å². The van der Waals surface area contributed by atoms with Gasteiger partial charge in [-0.05, 0) is 44.0 Å². The van der Waals surface area contributed by atoms with Crippen LogP contribution in [0, 0.1) is 10.1 Å². The van der Waals surface area contributed by atoms with Crippen molar-refractivity contribution in [3.63, 3.8) is 0 Å². The van der Waals surface area contributed by atoms with Crippen molar-refractivity contribution in [1.82, 2.24) is 4.98 Å². The molecule has 1 aromatic heterocycles. The average Bonchev–Trinajstić information content (AvgIpc) is 3.12. The van der Waals surface area contributed by atoms with Crippen LogP contribution < -0.4 is 4.90 Å². The number of hydrogen-bond acceptors (Lipinski definition) is 6. The van der Waals surface area contributed by atoms with Crippen LogP contribution in [0.4, 0.5) is 11.4 Å². The van der Waals surface area contributed by atoms with Crippen LogP contribution in [-0.2, 0) is 0 Å². The summed E-state index contributed by atoms with van der Waals surface area (Å²) in [4.78, 5) is 29.3. The van der Waals surface area contributed by atoms with Crippen molar-refractivity contribution in [1.29, 1.82) is 0 Å². The van der Waals surface area contributed by atoms with Gasteiger partial charge in [-0.25, -0.2) is 4.98 Å². The number of nitro benzene ring substituents is 1. The third kappa shape index (κ3) is 3.28. The Hall–Kier alpha value is -3.22. The molecule has 0 radical (unpaired) electrons. The van der Waals surface area contributed by atoms with E-state index in [4.69, 9.17) is 4.42 Å². The first-order valence-electron chi connectivity index (χ1n) is 8.92. The molecule has 7 heteroatoms. The van der Waals surface area contributed by atoms with E-state index in [9.17, 15) is 14.9 Å². The van der Waals surface area contributed by atoms with Crippen molar-refractivity contribution in [3.8, 4) is 0 Å². The Morgan fingerprint density at radius 1 is 1.30 bits per heavy atom. The molecule has 0 spiro atoms. The van der Waals surface area contributed by atoms with Gasteiger partial charge in [0.2, 0.25) is 0 Å². The zero-order valence-corrected chi connectivity index (χ0v) is 14.9. The molecule has 3 aromatic rings. The summed E-state index contributed by atoms with van der Waals surface area (Å²) in [5.74, 6) is 0.551. The highest BCUT2D eigenvalue weighted by Crippen LogP contribution is 2.35. The molecule has 1 unspecified atom stereocenters. The van der Waals surface area contributed by atoms with Gasteiger partial charge in [0.05, 0.1) is 10.8 Å². The molecular formula is C20H19N3O4. The summed E-state index contributed by atoms with van der Waals surface area (Å²) < 4.78 is 5.90.